The van der Waals surface area contributed by atoms with Gasteiger partial charge in [0.15, 0.2) is 0 Å². The van der Waals surface area contributed by atoms with Crippen LogP contribution in [-0.2, 0) is 0 Å². The summed E-state index contributed by atoms with van der Waals surface area (Å²) in [5, 5.41) is 1.18. The molecule has 0 amide bonds. The number of benzene rings is 1. The van der Waals surface area contributed by atoms with Crippen LogP contribution in [0.2, 0.25) is 0 Å². The van der Waals surface area contributed by atoms with Crippen LogP contribution < -0.4 is 0 Å². The summed E-state index contributed by atoms with van der Waals surface area (Å²) >= 11 is 1.76. The summed E-state index contributed by atoms with van der Waals surface area (Å²) in [7, 11) is 4.30. The quantitative estimate of drug-likeness (QED) is 0.743. The molecule has 22 heavy (non-hydrogen) atoms. The Kier molecular flexibility index (Phi) is 4.32. The molecule has 2 unspecified atom stereocenters. The summed E-state index contributed by atoms with van der Waals surface area (Å²) in [5.74, 6) is 1.39. The van der Waals surface area contributed by atoms with E-state index in [1.54, 1.807) is 34.6 Å². The molecule has 4 heteroatoms. The summed E-state index contributed by atoms with van der Waals surface area (Å²) in [5.41, 5.74) is 3.23. The van der Waals surface area contributed by atoms with Crippen molar-refractivity contribution in [3.8, 4) is 0 Å². The maximum Gasteiger partial charge on any atom is 0.124 e. The van der Waals surface area contributed by atoms with Crippen molar-refractivity contribution < 1.29 is 4.39 Å². The lowest BCUT2D eigenvalue weighted by Crippen LogP contribution is -2.19. The van der Waals surface area contributed by atoms with Crippen molar-refractivity contribution >= 4 is 39.4 Å². The lowest BCUT2D eigenvalue weighted by Gasteiger charge is -2.22. The molecule has 2 aromatic rings. The molecule has 0 N–H and O–H groups in total. The topological polar surface area (TPSA) is 3.24 Å². The molecule has 1 nitrogen and oxygen atoms in total. The van der Waals surface area contributed by atoms with E-state index >= 15 is 0 Å². The van der Waals surface area contributed by atoms with E-state index in [9.17, 15) is 4.39 Å². The number of fused-ring (bicyclic) bond motifs is 3. The van der Waals surface area contributed by atoms with E-state index in [-0.39, 0.29) is 18.2 Å². The highest BCUT2D eigenvalue weighted by molar-refractivity contribution is 7.20. The van der Waals surface area contributed by atoms with E-state index in [4.69, 9.17) is 0 Å². The van der Waals surface area contributed by atoms with Gasteiger partial charge in [-0.25, -0.2) is 4.39 Å². The monoisotopic (exact) mass is 337 g/mol. The fourth-order valence-corrected chi connectivity index (χ4v) is 5.34. The molecule has 1 heterocycles. The van der Waals surface area contributed by atoms with Crippen molar-refractivity contribution in [3.05, 3.63) is 40.5 Å². The van der Waals surface area contributed by atoms with Crippen LogP contribution in [0, 0.1) is 17.7 Å². The highest BCUT2D eigenvalue weighted by atomic mass is 35.5. The van der Waals surface area contributed by atoms with Gasteiger partial charge in [0.1, 0.15) is 5.82 Å². The SMILES string of the molecule is CN(C)CC1=C(c2cc3ccc(F)cc3s2)C2CCC1C2.Cl. The van der Waals surface area contributed by atoms with Crippen LogP contribution in [0.4, 0.5) is 4.39 Å². The van der Waals surface area contributed by atoms with Crippen LogP contribution >= 0.6 is 23.7 Å². The number of hydrogen-bond acceptors (Lipinski definition) is 2. The summed E-state index contributed by atoms with van der Waals surface area (Å²) in [6.07, 6.45) is 4.03. The van der Waals surface area contributed by atoms with Gasteiger partial charge < -0.3 is 4.90 Å². The molecule has 118 valence electrons. The zero-order valence-corrected chi connectivity index (χ0v) is 14.6. The molecule has 2 aliphatic rings. The Balaban J connectivity index is 0.00000144. The predicted octanol–water partition coefficient (Wildman–Crippen LogP) is 5.21. The number of halogens is 2. The van der Waals surface area contributed by atoms with Crippen molar-refractivity contribution in [1.29, 1.82) is 0 Å². The second-order valence-electron chi connectivity index (χ2n) is 6.68. The Bertz CT molecular complexity index is 734. The summed E-state index contributed by atoms with van der Waals surface area (Å²) in [6, 6.07) is 7.41. The minimum absolute atomic E-state index is 0. The van der Waals surface area contributed by atoms with Gasteiger partial charge in [0.25, 0.3) is 0 Å². The van der Waals surface area contributed by atoms with Crippen LogP contribution in [0.25, 0.3) is 15.7 Å². The van der Waals surface area contributed by atoms with Gasteiger partial charge in [0.2, 0.25) is 0 Å². The van der Waals surface area contributed by atoms with E-state index < -0.39 is 0 Å². The van der Waals surface area contributed by atoms with Gasteiger partial charge in [-0.3, -0.25) is 0 Å². The highest BCUT2D eigenvalue weighted by Crippen LogP contribution is 2.54. The van der Waals surface area contributed by atoms with Crippen molar-refractivity contribution in [3.63, 3.8) is 0 Å². The molecule has 1 saturated carbocycles. The molecular formula is C18H21ClFNS. The minimum Gasteiger partial charge on any atom is -0.305 e. The maximum atomic E-state index is 13.4. The first-order valence-electron chi connectivity index (χ1n) is 7.69. The normalized spacial score (nSPS) is 23.6. The van der Waals surface area contributed by atoms with Gasteiger partial charge in [-0.05, 0) is 79.9 Å². The first-order chi connectivity index (χ1) is 10.1. The average molecular weight is 338 g/mol. The fraction of sp³-hybridized carbons (Fsp3) is 0.444. The number of thiophene rings is 1. The molecule has 0 saturated heterocycles. The Labute approximate surface area is 141 Å². The molecule has 0 radical (unpaired) electrons. The van der Waals surface area contributed by atoms with E-state index in [2.05, 4.69) is 25.1 Å². The van der Waals surface area contributed by atoms with E-state index in [0.717, 1.165) is 23.1 Å². The Hall–Kier alpha value is -0.900. The lowest BCUT2D eigenvalue weighted by molar-refractivity contribution is 0.423. The molecule has 2 bridgehead atoms. The molecule has 0 aliphatic heterocycles. The van der Waals surface area contributed by atoms with Crippen LogP contribution in [0.1, 0.15) is 24.1 Å². The molecule has 0 spiro atoms. The zero-order valence-electron chi connectivity index (χ0n) is 12.9. The lowest BCUT2D eigenvalue weighted by atomic mass is 9.90. The Morgan fingerprint density at radius 1 is 1.18 bits per heavy atom. The molecule has 1 aromatic carbocycles. The van der Waals surface area contributed by atoms with E-state index in [1.807, 2.05) is 6.07 Å². The van der Waals surface area contributed by atoms with Crippen molar-refractivity contribution in [2.75, 3.05) is 20.6 Å². The summed E-state index contributed by atoms with van der Waals surface area (Å²) < 4.78 is 14.5. The smallest absolute Gasteiger partial charge is 0.124 e. The Morgan fingerprint density at radius 3 is 2.73 bits per heavy atom. The van der Waals surface area contributed by atoms with Gasteiger partial charge in [0.05, 0.1) is 0 Å². The van der Waals surface area contributed by atoms with E-state index in [1.165, 1.54) is 29.5 Å². The standard InChI is InChI=1S/C18H20FNS.ClH/c1-20(2)10-15-11-3-4-13(7-11)18(15)17-8-12-5-6-14(19)9-16(12)21-17;/h5-6,8-9,11,13H,3-4,7,10H2,1-2H3;1H. The largest absolute Gasteiger partial charge is 0.305 e. The minimum atomic E-state index is -0.133. The summed E-state index contributed by atoms with van der Waals surface area (Å²) in [4.78, 5) is 3.66. The fourth-order valence-electron chi connectivity index (χ4n) is 4.09. The third-order valence-corrected chi connectivity index (χ3v) is 6.04. The molecular weight excluding hydrogens is 317 g/mol. The molecule has 4 rings (SSSR count). The molecule has 1 aromatic heterocycles. The average Bonchev–Trinajstić information content (AvgIpc) is 3.10. The van der Waals surface area contributed by atoms with Crippen LogP contribution in [0.15, 0.2) is 29.8 Å². The zero-order chi connectivity index (χ0) is 14.6. The number of likely N-dealkylation sites (N-methyl/N-ethyl adjacent to an activating group) is 1. The molecule has 1 fully saturated rings. The van der Waals surface area contributed by atoms with Gasteiger partial charge in [0, 0.05) is 16.1 Å². The van der Waals surface area contributed by atoms with Gasteiger partial charge in [-0.15, -0.1) is 23.7 Å². The molecule has 2 aliphatic carbocycles. The van der Waals surface area contributed by atoms with E-state index in [0.29, 0.717) is 0 Å². The Morgan fingerprint density at radius 2 is 1.95 bits per heavy atom. The van der Waals surface area contributed by atoms with Gasteiger partial charge in [-0.2, -0.15) is 0 Å². The third kappa shape index (κ3) is 2.60. The van der Waals surface area contributed by atoms with Crippen LogP contribution in [0.5, 0.6) is 0 Å². The van der Waals surface area contributed by atoms with Gasteiger partial charge >= 0.3 is 0 Å². The van der Waals surface area contributed by atoms with Crippen molar-refractivity contribution in [2.45, 2.75) is 19.3 Å². The van der Waals surface area contributed by atoms with Crippen molar-refractivity contribution in [2.24, 2.45) is 11.8 Å². The predicted molar refractivity (Wildman–Crippen MR) is 95.3 cm³/mol. The van der Waals surface area contributed by atoms with Crippen molar-refractivity contribution in [1.82, 2.24) is 4.90 Å². The number of hydrogen-bond donors (Lipinski definition) is 0. The number of rotatable bonds is 3. The summed E-state index contributed by atoms with van der Waals surface area (Å²) in [6.45, 7) is 1.07. The third-order valence-electron chi connectivity index (χ3n) is 4.91. The second kappa shape index (κ2) is 5.95. The first-order valence-corrected chi connectivity index (χ1v) is 8.50. The second-order valence-corrected chi connectivity index (χ2v) is 7.76. The van der Waals surface area contributed by atoms with Crippen LogP contribution in [-0.4, -0.2) is 25.5 Å². The maximum absolute atomic E-state index is 13.4. The highest BCUT2D eigenvalue weighted by Gasteiger charge is 2.39. The number of nitrogens with zero attached hydrogens (tertiary/aromatic N) is 1. The first kappa shape index (κ1) is 16.0. The van der Waals surface area contributed by atoms with Gasteiger partial charge in [-0.1, -0.05) is 6.07 Å². The van der Waals surface area contributed by atoms with Crippen LogP contribution in [0.3, 0.4) is 0 Å². The molecule has 2 atom stereocenters. The number of allylic oxidation sites excluding steroid dienone is 1.